The lowest BCUT2D eigenvalue weighted by Crippen LogP contribution is -2.25. The maximum absolute atomic E-state index is 5.69. The molecule has 5 nitrogen and oxygen atoms in total. The van der Waals surface area contributed by atoms with Crippen LogP contribution in [0.4, 0.5) is 11.6 Å². The second-order valence-electron chi connectivity index (χ2n) is 4.46. The van der Waals surface area contributed by atoms with Crippen LogP contribution in [0.5, 0.6) is 0 Å². The molecule has 88 valence electrons. The number of aryl methyl sites for hydroxylation is 1. The summed E-state index contributed by atoms with van der Waals surface area (Å²) in [6.07, 6.45) is 2.48. The van der Waals surface area contributed by atoms with Gasteiger partial charge in [-0.15, -0.1) is 0 Å². The molecule has 0 bridgehead atoms. The average molecular weight is 221 g/mol. The van der Waals surface area contributed by atoms with Gasteiger partial charge in [-0.1, -0.05) is 0 Å². The molecule has 0 amide bonds. The number of aromatic nitrogens is 2. The lowest BCUT2D eigenvalue weighted by Gasteiger charge is -2.11. The molecule has 0 aromatic carbocycles. The van der Waals surface area contributed by atoms with Crippen molar-refractivity contribution in [2.45, 2.75) is 38.8 Å². The molecule has 1 aliphatic carbocycles. The molecule has 0 aliphatic heterocycles. The highest BCUT2D eigenvalue weighted by Crippen LogP contribution is 2.24. The highest BCUT2D eigenvalue weighted by atomic mass is 15.1. The Morgan fingerprint density at radius 1 is 1.44 bits per heavy atom. The third kappa shape index (κ3) is 3.34. The summed E-state index contributed by atoms with van der Waals surface area (Å²) >= 11 is 0. The first kappa shape index (κ1) is 11.1. The minimum Gasteiger partial charge on any atom is -0.368 e. The summed E-state index contributed by atoms with van der Waals surface area (Å²) in [6.45, 7) is 4.58. The van der Waals surface area contributed by atoms with E-state index in [9.17, 15) is 0 Å². The van der Waals surface area contributed by atoms with E-state index >= 15 is 0 Å². The SMILES string of the molecule is Cc1nc(NCC(C)N)cc(NC2CC2)n1. The first-order chi connectivity index (χ1) is 7.63. The van der Waals surface area contributed by atoms with Gasteiger partial charge >= 0.3 is 0 Å². The molecule has 16 heavy (non-hydrogen) atoms. The van der Waals surface area contributed by atoms with Crippen LogP contribution >= 0.6 is 0 Å². The Hall–Kier alpha value is -1.36. The van der Waals surface area contributed by atoms with Crippen molar-refractivity contribution in [1.82, 2.24) is 9.97 Å². The molecule has 1 heterocycles. The smallest absolute Gasteiger partial charge is 0.132 e. The van der Waals surface area contributed by atoms with Gasteiger partial charge in [0.2, 0.25) is 0 Å². The number of hydrogen-bond acceptors (Lipinski definition) is 5. The van der Waals surface area contributed by atoms with E-state index in [1.165, 1.54) is 12.8 Å². The Bertz CT molecular complexity index is 359. The van der Waals surface area contributed by atoms with E-state index in [1.54, 1.807) is 0 Å². The molecule has 1 fully saturated rings. The molecule has 0 spiro atoms. The van der Waals surface area contributed by atoms with Crippen molar-refractivity contribution in [1.29, 1.82) is 0 Å². The number of rotatable bonds is 5. The second-order valence-corrected chi connectivity index (χ2v) is 4.46. The highest BCUT2D eigenvalue weighted by molar-refractivity contribution is 5.48. The predicted molar refractivity (Wildman–Crippen MR) is 65.6 cm³/mol. The zero-order chi connectivity index (χ0) is 11.5. The van der Waals surface area contributed by atoms with E-state index in [-0.39, 0.29) is 6.04 Å². The standard InChI is InChI=1S/C11H19N5/c1-7(12)6-13-10-5-11(15-8(2)14-10)16-9-3-4-9/h5,7,9H,3-4,6,12H2,1-2H3,(H2,13,14,15,16). The molecule has 1 saturated carbocycles. The van der Waals surface area contributed by atoms with Gasteiger partial charge in [0.15, 0.2) is 0 Å². The highest BCUT2D eigenvalue weighted by Gasteiger charge is 2.21. The molecule has 4 N–H and O–H groups in total. The summed E-state index contributed by atoms with van der Waals surface area (Å²) in [7, 11) is 0. The normalized spacial score (nSPS) is 16.9. The monoisotopic (exact) mass is 221 g/mol. The molecular formula is C11H19N5. The largest absolute Gasteiger partial charge is 0.368 e. The second kappa shape index (κ2) is 4.65. The van der Waals surface area contributed by atoms with Crippen molar-refractivity contribution in [3.8, 4) is 0 Å². The maximum Gasteiger partial charge on any atom is 0.132 e. The van der Waals surface area contributed by atoms with Crippen molar-refractivity contribution in [2.24, 2.45) is 5.73 Å². The van der Waals surface area contributed by atoms with Gasteiger partial charge in [-0.3, -0.25) is 0 Å². The number of nitrogens with zero attached hydrogens (tertiary/aromatic N) is 2. The number of nitrogens with one attached hydrogen (secondary N) is 2. The van der Waals surface area contributed by atoms with Gasteiger partial charge in [-0.2, -0.15) is 0 Å². The minimum absolute atomic E-state index is 0.120. The Labute approximate surface area is 95.9 Å². The molecule has 0 saturated heterocycles. The van der Waals surface area contributed by atoms with Gasteiger partial charge in [0, 0.05) is 24.7 Å². The van der Waals surface area contributed by atoms with Crippen molar-refractivity contribution in [2.75, 3.05) is 17.2 Å². The minimum atomic E-state index is 0.120. The van der Waals surface area contributed by atoms with Crippen molar-refractivity contribution in [3.05, 3.63) is 11.9 Å². The molecular weight excluding hydrogens is 202 g/mol. The summed E-state index contributed by atoms with van der Waals surface area (Å²) < 4.78 is 0. The Balaban J connectivity index is 2.02. The summed E-state index contributed by atoms with van der Waals surface area (Å²) in [6, 6.07) is 2.67. The molecule has 1 unspecified atom stereocenters. The molecule has 5 heteroatoms. The lowest BCUT2D eigenvalue weighted by atomic mass is 10.3. The molecule has 1 aliphatic rings. The first-order valence-corrected chi connectivity index (χ1v) is 5.75. The zero-order valence-electron chi connectivity index (χ0n) is 9.83. The van der Waals surface area contributed by atoms with Crippen LogP contribution in [0.2, 0.25) is 0 Å². The van der Waals surface area contributed by atoms with Gasteiger partial charge in [0.25, 0.3) is 0 Å². The fourth-order valence-corrected chi connectivity index (χ4v) is 1.43. The van der Waals surface area contributed by atoms with Crippen LogP contribution in [0.1, 0.15) is 25.6 Å². The van der Waals surface area contributed by atoms with Crippen LogP contribution in [0.25, 0.3) is 0 Å². The summed E-state index contributed by atoms with van der Waals surface area (Å²) in [4.78, 5) is 8.66. The van der Waals surface area contributed by atoms with E-state index in [2.05, 4.69) is 20.6 Å². The van der Waals surface area contributed by atoms with Gasteiger partial charge < -0.3 is 16.4 Å². The Morgan fingerprint density at radius 3 is 2.75 bits per heavy atom. The molecule has 0 radical (unpaired) electrons. The maximum atomic E-state index is 5.69. The summed E-state index contributed by atoms with van der Waals surface area (Å²) in [5.74, 6) is 2.52. The quantitative estimate of drug-likeness (QED) is 0.694. The van der Waals surface area contributed by atoms with E-state index in [0.717, 1.165) is 24.0 Å². The Kier molecular flexibility index (Phi) is 3.24. The third-order valence-corrected chi connectivity index (χ3v) is 2.37. The van der Waals surface area contributed by atoms with E-state index in [1.807, 2.05) is 19.9 Å². The summed E-state index contributed by atoms with van der Waals surface area (Å²) in [5, 5.41) is 6.57. The van der Waals surface area contributed by atoms with E-state index in [4.69, 9.17) is 5.73 Å². The molecule has 1 aromatic heterocycles. The first-order valence-electron chi connectivity index (χ1n) is 5.75. The number of anilines is 2. The predicted octanol–water partition coefficient (Wildman–Crippen LogP) is 1.12. The summed E-state index contributed by atoms with van der Waals surface area (Å²) in [5.41, 5.74) is 5.69. The van der Waals surface area contributed by atoms with Crippen molar-refractivity contribution < 1.29 is 0 Å². The fourth-order valence-electron chi connectivity index (χ4n) is 1.43. The van der Waals surface area contributed by atoms with Crippen LogP contribution in [-0.4, -0.2) is 28.6 Å². The van der Waals surface area contributed by atoms with Crippen molar-refractivity contribution >= 4 is 11.6 Å². The van der Waals surface area contributed by atoms with Gasteiger partial charge in [-0.05, 0) is 26.7 Å². The topological polar surface area (TPSA) is 75.9 Å². The van der Waals surface area contributed by atoms with Crippen LogP contribution in [0, 0.1) is 6.92 Å². The van der Waals surface area contributed by atoms with E-state index < -0.39 is 0 Å². The van der Waals surface area contributed by atoms with Gasteiger partial charge in [0.05, 0.1) is 0 Å². The molecule has 1 atom stereocenters. The van der Waals surface area contributed by atoms with Gasteiger partial charge in [0.1, 0.15) is 17.5 Å². The zero-order valence-corrected chi connectivity index (χ0v) is 9.83. The molecule has 1 aromatic rings. The average Bonchev–Trinajstić information content (AvgIpc) is 2.98. The van der Waals surface area contributed by atoms with Gasteiger partial charge in [-0.25, -0.2) is 9.97 Å². The lowest BCUT2D eigenvalue weighted by molar-refractivity contribution is 0.776. The van der Waals surface area contributed by atoms with Crippen molar-refractivity contribution in [3.63, 3.8) is 0 Å². The Morgan fingerprint density at radius 2 is 2.12 bits per heavy atom. The van der Waals surface area contributed by atoms with Crippen LogP contribution < -0.4 is 16.4 Å². The number of nitrogens with two attached hydrogens (primary N) is 1. The van der Waals surface area contributed by atoms with Crippen LogP contribution in [0.3, 0.4) is 0 Å². The van der Waals surface area contributed by atoms with Crippen LogP contribution in [-0.2, 0) is 0 Å². The fraction of sp³-hybridized carbons (Fsp3) is 0.636. The number of hydrogen-bond donors (Lipinski definition) is 3. The third-order valence-electron chi connectivity index (χ3n) is 2.37. The van der Waals surface area contributed by atoms with Crippen LogP contribution in [0.15, 0.2) is 6.07 Å². The molecule has 2 rings (SSSR count). The van der Waals surface area contributed by atoms with E-state index in [0.29, 0.717) is 6.04 Å².